The Labute approximate surface area is 161 Å². The molecule has 2 aliphatic rings. The predicted octanol–water partition coefficient (Wildman–Crippen LogP) is 1.58. The molecule has 2 fully saturated rings. The number of carbonyl (C=O) groups is 1. The van der Waals surface area contributed by atoms with E-state index in [9.17, 15) is 13.2 Å². The van der Waals surface area contributed by atoms with Gasteiger partial charge < -0.3 is 10.1 Å². The van der Waals surface area contributed by atoms with Gasteiger partial charge in [-0.25, -0.2) is 13.6 Å². The summed E-state index contributed by atoms with van der Waals surface area (Å²) in [6.45, 7) is 4.78. The van der Waals surface area contributed by atoms with E-state index in [0.29, 0.717) is 24.3 Å². The number of rotatable bonds is 6. The van der Waals surface area contributed by atoms with Crippen LogP contribution in [0.15, 0.2) is 23.1 Å². The minimum atomic E-state index is -3.89. The van der Waals surface area contributed by atoms with Crippen LogP contribution in [0.5, 0.6) is 5.75 Å². The molecule has 3 unspecified atom stereocenters. The van der Waals surface area contributed by atoms with Gasteiger partial charge in [0.05, 0.1) is 17.6 Å². The number of hydrogen-bond acceptors (Lipinski definition) is 5. The highest BCUT2D eigenvalue weighted by Crippen LogP contribution is 2.40. The number of carbonyl (C=O) groups excluding carboxylic acids is 1. The van der Waals surface area contributed by atoms with E-state index in [1.54, 1.807) is 0 Å². The molecule has 0 aromatic heterocycles. The Morgan fingerprint density at radius 1 is 1.33 bits per heavy atom. The van der Waals surface area contributed by atoms with Gasteiger partial charge in [0.1, 0.15) is 5.75 Å². The summed E-state index contributed by atoms with van der Waals surface area (Å²) in [5, 5.41) is 8.19. The van der Waals surface area contributed by atoms with E-state index in [1.807, 2.05) is 0 Å². The van der Waals surface area contributed by atoms with E-state index in [1.165, 1.54) is 51.0 Å². The molecule has 0 radical (unpaired) electrons. The lowest BCUT2D eigenvalue weighted by molar-refractivity contribution is 0.0930. The molecule has 8 heteroatoms. The average molecular weight is 396 g/mol. The third-order valence-electron chi connectivity index (χ3n) is 6.02. The van der Waals surface area contributed by atoms with Crippen molar-refractivity contribution in [1.29, 1.82) is 0 Å². The molecule has 1 aromatic rings. The summed E-state index contributed by atoms with van der Waals surface area (Å²) in [4.78, 5) is 15.1. The molecular weight excluding hydrogens is 366 g/mol. The quantitative estimate of drug-likeness (QED) is 0.761. The molecule has 3 atom stereocenters. The average Bonchev–Trinajstić information content (AvgIpc) is 3.02. The van der Waals surface area contributed by atoms with Crippen molar-refractivity contribution < 1.29 is 17.9 Å². The van der Waals surface area contributed by atoms with Crippen LogP contribution in [0.4, 0.5) is 0 Å². The van der Waals surface area contributed by atoms with Crippen molar-refractivity contribution in [3.05, 3.63) is 23.8 Å². The number of nitrogens with zero attached hydrogens (tertiary/aromatic N) is 1. The molecule has 1 aromatic carbocycles. The second-order valence-corrected chi connectivity index (χ2v) is 9.04. The smallest absolute Gasteiger partial charge is 0.255 e. The van der Waals surface area contributed by atoms with Gasteiger partial charge in [0, 0.05) is 19.1 Å². The van der Waals surface area contributed by atoms with Crippen LogP contribution in [0.3, 0.4) is 0 Å². The van der Waals surface area contributed by atoms with E-state index in [4.69, 9.17) is 9.88 Å². The van der Waals surface area contributed by atoms with Crippen LogP contribution in [-0.4, -0.2) is 52.0 Å². The Kier molecular flexibility index (Phi) is 6.08. The zero-order valence-corrected chi connectivity index (χ0v) is 16.8. The predicted molar refractivity (Wildman–Crippen MR) is 103 cm³/mol. The van der Waals surface area contributed by atoms with Gasteiger partial charge >= 0.3 is 0 Å². The minimum Gasteiger partial charge on any atom is -0.496 e. The van der Waals surface area contributed by atoms with Gasteiger partial charge in [0.2, 0.25) is 10.0 Å². The first-order valence-corrected chi connectivity index (χ1v) is 11.1. The molecule has 0 spiro atoms. The van der Waals surface area contributed by atoms with Crippen molar-refractivity contribution in [2.45, 2.75) is 43.5 Å². The summed E-state index contributed by atoms with van der Waals surface area (Å²) in [7, 11) is -2.44. The lowest BCUT2D eigenvalue weighted by atomic mass is 9.78. The van der Waals surface area contributed by atoms with Gasteiger partial charge in [-0.2, -0.15) is 0 Å². The van der Waals surface area contributed by atoms with Crippen molar-refractivity contribution >= 4 is 15.9 Å². The fourth-order valence-electron chi connectivity index (χ4n) is 4.66. The number of sulfonamides is 1. The third kappa shape index (κ3) is 4.28. The molecule has 1 heterocycles. The van der Waals surface area contributed by atoms with Crippen molar-refractivity contribution in [3.63, 3.8) is 0 Å². The van der Waals surface area contributed by atoms with E-state index >= 15 is 0 Å². The lowest BCUT2D eigenvalue weighted by Crippen LogP contribution is -2.43. The molecule has 27 heavy (non-hydrogen) atoms. The molecule has 3 rings (SSSR count). The number of nitrogens with one attached hydrogen (secondary N) is 1. The first-order valence-electron chi connectivity index (χ1n) is 9.58. The number of primary sulfonamides is 1. The highest BCUT2D eigenvalue weighted by atomic mass is 32.2. The highest BCUT2D eigenvalue weighted by molar-refractivity contribution is 7.89. The maximum atomic E-state index is 12.8. The summed E-state index contributed by atoms with van der Waals surface area (Å²) < 4.78 is 28.5. The van der Waals surface area contributed by atoms with Gasteiger partial charge in [-0.15, -0.1) is 0 Å². The minimum absolute atomic E-state index is 0.100. The number of nitrogens with two attached hydrogens (primary N) is 1. The molecule has 1 saturated heterocycles. The SMILES string of the molecule is CCN1CC2CCCCC2C1CNC(=O)c1cc(S(N)(=O)=O)ccc1OC. The molecule has 7 nitrogen and oxygen atoms in total. The molecule has 1 aliphatic heterocycles. The number of amides is 1. The number of likely N-dealkylation sites (tertiary alicyclic amines) is 1. The van der Waals surface area contributed by atoms with Crippen LogP contribution < -0.4 is 15.2 Å². The fraction of sp³-hybridized carbons (Fsp3) is 0.632. The lowest BCUT2D eigenvalue weighted by Gasteiger charge is -2.30. The molecule has 1 saturated carbocycles. The zero-order valence-electron chi connectivity index (χ0n) is 16.0. The molecule has 0 bridgehead atoms. The van der Waals surface area contributed by atoms with Crippen LogP contribution in [0.25, 0.3) is 0 Å². The Hall–Kier alpha value is -1.64. The van der Waals surface area contributed by atoms with Gasteiger partial charge in [0.15, 0.2) is 0 Å². The highest BCUT2D eigenvalue weighted by Gasteiger charge is 2.41. The van der Waals surface area contributed by atoms with E-state index in [0.717, 1.165) is 19.0 Å². The number of methoxy groups -OCH3 is 1. The number of fused-ring (bicyclic) bond motifs is 1. The summed E-state index contributed by atoms with van der Waals surface area (Å²) in [5.74, 6) is 1.33. The maximum absolute atomic E-state index is 12.8. The Bertz CT molecular complexity index is 796. The molecule has 1 aliphatic carbocycles. The third-order valence-corrected chi connectivity index (χ3v) is 6.93. The maximum Gasteiger partial charge on any atom is 0.255 e. The van der Waals surface area contributed by atoms with Crippen molar-refractivity contribution in [2.24, 2.45) is 17.0 Å². The van der Waals surface area contributed by atoms with Crippen LogP contribution in [0.2, 0.25) is 0 Å². The van der Waals surface area contributed by atoms with E-state index in [2.05, 4.69) is 17.1 Å². The van der Waals surface area contributed by atoms with E-state index < -0.39 is 10.0 Å². The summed E-state index contributed by atoms with van der Waals surface area (Å²) in [6, 6.07) is 4.41. The zero-order chi connectivity index (χ0) is 19.6. The first kappa shape index (κ1) is 20.1. The van der Waals surface area contributed by atoms with Crippen LogP contribution >= 0.6 is 0 Å². The topological polar surface area (TPSA) is 102 Å². The van der Waals surface area contributed by atoms with Crippen molar-refractivity contribution in [1.82, 2.24) is 10.2 Å². The summed E-state index contributed by atoms with van der Waals surface area (Å²) in [5.41, 5.74) is 0.185. The summed E-state index contributed by atoms with van der Waals surface area (Å²) >= 11 is 0. The molecule has 1 amide bonds. The van der Waals surface area contributed by atoms with Crippen LogP contribution in [0.1, 0.15) is 43.0 Å². The summed E-state index contributed by atoms with van der Waals surface area (Å²) in [6.07, 6.45) is 5.05. The first-order chi connectivity index (χ1) is 12.8. The van der Waals surface area contributed by atoms with E-state index in [-0.39, 0.29) is 16.4 Å². The second-order valence-electron chi connectivity index (χ2n) is 7.48. The Morgan fingerprint density at radius 3 is 2.74 bits per heavy atom. The normalized spacial score (nSPS) is 25.8. The Balaban J connectivity index is 1.75. The van der Waals surface area contributed by atoms with Gasteiger partial charge in [0.25, 0.3) is 5.91 Å². The molecule has 3 N–H and O–H groups in total. The standard InChI is InChI=1S/C19H29N3O4S/c1-3-22-12-13-6-4-5-7-15(13)17(22)11-21-19(23)16-10-14(27(20,24)25)8-9-18(16)26-2/h8-10,13,15,17H,3-7,11-12H2,1-2H3,(H,21,23)(H2,20,24,25). The Morgan fingerprint density at radius 2 is 2.07 bits per heavy atom. The van der Waals surface area contributed by atoms with Crippen LogP contribution in [0, 0.1) is 11.8 Å². The van der Waals surface area contributed by atoms with Gasteiger partial charge in [-0.05, 0) is 49.4 Å². The number of ether oxygens (including phenoxy) is 1. The van der Waals surface area contributed by atoms with Crippen molar-refractivity contribution in [3.8, 4) is 5.75 Å². The monoisotopic (exact) mass is 395 g/mol. The van der Waals surface area contributed by atoms with Crippen LogP contribution in [-0.2, 0) is 10.0 Å². The largest absolute Gasteiger partial charge is 0.496 e. The number of likely N-dealkylation sites (N-methyl/N-ethyl adjacent to an activating group) is 1. The van der Waals surface area contributed by atoms with Crippen molar-refractivity contribution in [2.75, 3.05) is 26.7 Å². The van der Waals surface area contributed by atoms with Gasteiger partial charge in [-0.1, -0.05) is 19.8 Å². The second kappa shape index (κ2) is 8.16. The fourth-order valence-corrected chi connectivity index (χ4v) is 5.19. The number of benzene rings is 1. The molecular formula is C19H29N3O4S. The molecule has 150 valence electrons. The number of hydrogen-bond donors (Lipinski definition) is 2. The van der Waals surface area contributed by atoms with Gasteiger partial charge in [-0.3, -0.25) is 9.69 Å².